The summed E-state index contributed by atoms with van der Waals surface area (Å²) < 4.78 is 11.2. The fraction of sp³-hybridized carbons (Fsp3) is 0.333. The summed E-state index contributed by atoms with van der Waals surface area (Å²) in [6, 6.07) is 16.3. The van der Waals surface area contributed by atoms with E-state index >= 15 is 0 Å². The lowest BCUT2D eigenvalue weighted by molar-refractivity contribution is 0.237. The first-order valence-electron chi connectivity index (χ1n) is 7.42. The van der Waals surface area contributed by atoms with Gasteiger partial charge in [0.05, 0.1) is 13.7 Å². The average Bonchev–Trinajstić information content (AvgIpc) is 2.95. The van der Waals surface area contributed by atoms with Gasteiger partial charge in [0, 0.05) is 25.2 Å². The molecular weight excluding hydrogens is 262 g/mol. The zero-order valence-electron chi connectivity index (χ0n) is 12.4. The number of hydrogen-bond donors (Lipinski definition) is 0. The van der Waals surface area contributed by atoms with E-state index in [1.807, 2.05) is 36.4 Å². The van der Waals surface area contributed by atoms with Crippen LogP contribution in [0.1, 0.15) is 17.5 Å². The Bertz CT molecular complexity index is 583. The first-order chi connectivity index (χ1) is 10.4. The van der Waals surface area contributed by atoms with Crippen LogP contribution in [-0.4, -0.2) is 25.2 Å². The van der Waals surface area contributed by atoms with Crippen molar-refractivity contribution >= 4 is 0 Å². The van der Waals surface area contributed by atoms with E-state index in [0.717, 1.165) is 44.2 Å². The summed E-state index contributed by atoms with van der Waals surface area (Å²) in [4.78, 5) is 2.45. The van der Waals surface area contributed by atoms with Crippen molar-refractivity contribution in [3.8, 4) is 11.5 Å². The molecule has 3 heteroatoms. The second-order valence-electron chi connectivity index (χ2n) is 5.32. The third-order valence-corrected chi connectivity index (χ3v) is 3.86. The molecule has 0 unspecified atom stereocenters. The van der Waals surface area contributed by atoms with Gasteiger partial charge in [0.25, 0.3) is 0 Å². The SMILES string of the molecule is COc1cccc2c1CN(CCCOc1ccccc1)C2. The number of rotatable bonds is 6. The molecule has 0 aliphatic carbocycles. The highest BCUT2D eigenvalue weighted by atomic mass is 16.5. The Balaban J connectivity index is 1.46. The van der Waals surface area contributed by atoms with Crippen LogP contribution in [0.25, 0.3) is 0 Å². The summed E-state index contributed by atoms with van der Waals surface area (Å²) in [6.45, 7) is 3.79. The molecule has 3 rings (SSSR count). The predicted molar refractivity (Wildman–Crippen MR) is 83.7 cm³/mol. The summed E-state index contributed by atoms with van der Waals surface area (Å²) in [5.41, 5.74) is 2.72. The largest absolute Gasteiger partial charge is 0.496 e. The molecule has 2 aromatic rings. The molecule has 3 nitrogen and oxygen atoms in total. The lowest BCUT2D eigenvalue weighted by Gasteiger charge is -2.15. The second kappa shape index (κ2) is 6.64. The van der Waals surface area contributed by atoms with E-state index in [0.29, 0.717) is 0 Å². The Morgan fingerprint density at radius 1 is 1.00 bits per heavy atom. The zero-order chi connectivity index (χ0) is 14.5. The standard InChI is InChI=1S/C18H21NO2/c1-20-18-10-5-7-15-13-19(14-17(15)18)11-6-12-21-16-8-3-2-4-9-16/h2-5,7-10H,6,11-14H2,1H3. The van der Waals surface area contributed by atoms with Crippen LogP contribution in [0.5, 0.6) is 11.5 Å². The smallest absolute Gasteiger partial charge is 0.123 e. The molecule has 0 saturated heterocycles. The van der Waals surface area contributed by atoms with Crippen molar-refractivity contribution in [2.24, 2.45) is 0 Å². The number of fused-ring (bicyclic) bond motifs is 1. The maximum absolute atomic E-state index is 5.74. The predicted octanol–water partition coefficient (Wildman–Crippen LogP) is 3.48. The summed E-state index contributed by atoms with van der Waals surface area (Å²) in [5, 5.41) is 0. The van der Waals surface area contributed by atoms with Crippen molar-refractivity contribution in [2.45, 2.75) is 19.5 Å². The highest BCUT2D eigenvalue weighted by Crippen LogP contribution is 2.30. The van der Waals surface area contributed by atoms with Crippen LogP contribution in [-0.2, 0) is 13.1 Å². The molecule has 0 bridgehead atoms. The van der Waals surface area contributed by atoms with Crippen molar-refractivity contribution in [3.63, 3.8) is 0 Å². The Hall–Kier alpha value is -2.00. The molecule has 21 heavy (non-hydrogen) atoms. The van der Waals surface area contributed by atoms with Crippen LogP contribution >= 0.6 is 0 Å². The fourth-order valence-electron chi connectivity index (χ4n) is 2.80. The van der Waals surface area contributed by atoms with Crippen molar-refractivity contribution in [1.82, 2.24) is 4.90 Å². The first kappa shape index (κ1) is 14.0. The first-order valence-corrected chi connectivity index (χ1v) is 7.42. The van der Waals surface area contributed by atoms with Crippen LogP contribution in [0.3, 0.4) is 0 Å². The Kier molecular flexibility index (Phi) is 4.41. The molecular formula is C18H21NO2. The number of methoxy groups -OCH3 is 1. The molecule has 1 aliphatic heterocycles. The number of nitrogens with zero attached hydrogens (tertiary/aromatic N) is 1. The van der Waals surface area contributed by atoms with Gasteiger partial charge < -0.3 is 9.47 Å². The highest BCUT2D eigenvalue weighted by molar-refractivity contribution is 5.42. The minimum atomic E-state index is 0.758. The lowest BCUT2D eigenvalue weighted by atomic mass is 10.1. The molecule has 2 aromatic carbocycles. The second-order valence-corrected chi connectivity index (χ2v) is 5.32. The molecule has 0 fully saturated rings. The topological polar surface area (TPSA) is 21.7 Å². The van der Waals surface area contributed by atoms with Crippen LogP contribution in [0.4, 0.5) is 0 Å². The molecule has 0 saturated carbocycles. The van der Waals surface area contributed by atoms with E-state index in [4.69, 9.17) is 9.47 Å². The van der Waals surface area contributed by atoms with E-state index in [1.54, 1.807) is 7.11 Å². The van der Waals surface area contributed by atoms with Crippen molar-refractivity contribution in [1.29, 1.82) is 0 Å². The van der Waals surface area contributed by atoms with Gasteiger partial charge >= 0.3 is 0 Å². The molecule has 0 spiro atoms. The normalized spacial score (nSPS) is 14.0. The monoisotopic (exact) mass is 283 g/mol. The van der Waals surface area contributed by atoms with Gasteiger partial charge in [-0.1, -0.05) is 30.3 Å². The molecule has 0 aromatic heterocycles. The van der Waals surface area contributed by atoms with Crippen LogP contribution in [0.15, 0.2) is 48.5 Å². The third-order valence-electron chi connectivity index (χ3n) is 3.86. The van der Waals surface area contributed by atoms with Crippen LogP contribution < -0.4 is 9.47 Å². The summed E-state index contributed by atoms with van der Waals surface area (Å²) in [6.07, 6.45) is 1.03. The van der Waals surface area contributed by atoms with Gasteiger partial charge in [-0.05, 0) is 30.2 Å². The minimum Gasteiger partial charge on any atom is -0.496 e. The molecule has 0 N–H and O–H groups in total. The highest BCUT2D eigenvalue weighted by Gasteiger charge is 2.21. The van der Waals surface area contributed by atoms with Gasteiger partial charge in [0.2, 0.25) is 0 Å². The molecule has 110 valence electrons. The van der Waals surface area contributed by atoms with Gasteiger partial charge in [-0.25, -0.2) is 0 Å². The van der Waals surface area contributed by atoms with Crippen LogP contribution in [0.2, 0.25) is 0 Å². The summed E-state index contributed by atoms with van der Waals surface area (Å²) in [7, 11) is 1.74. The summed E-state index contributed by atoms with van der Waals surface area (Å²) >= 11 is 0. The van der Waals surface area contributed by atoms with E-state index in [-0.39, 0.29) is 0 Å². The third kappa shape index (κ3) is 3.37. The van der Waals surface area contributed by atoms with Crippen molar-refractivity contribution in [2.75, 3.05) is 20.3 Å². The molecule has 1 aliphatic rings. The number of hydrogen-bond acceptors (Lipinski definition) is 3. The Morgan fingerprint density at radius 2 is 1.86 bits per heavy atom. The lowest BCUT2D eigenvalue weighted by Crippen LogP contribution is -2.19. The molecule has 1 heterocycles. The van der Waals surface area contributed by atoms with Crippen molar-refractivity contribution < 1.29 is 9.47 Å². The van der Waals surface area contributed by atoms with E-state index in [1.165, 1.54) is 11.1 Å². The van der Waals surface area contributed by atoms with Gasteiger partial charge in [-0.3, -0.25) is 4.90 Å². The Labute approximate surface area is 126 Å². The quantitative estimate of drug-likeness (QED) is 0.758. The van der Waals surface area contributed by atoms with E-state index in [2.05, 4.69) is 17.0 Å². The number of ether oxygens (including phenoxy) is 2. The summed E-state index contributed by atoms with van der Waals surface area (Å²) in [5.74, 6) is 1.96. The number of benzene rings is 2. The van der Waals surface area contributed by atoms with Gasteiger partial charge in [0.15, 0.2) is 0 Å². The zero-order valence-corrected chi connectivity index (χ0v) is 12.4. The fourth-order valence-corrected chi connectivity index (χ4v) is 2.80. The van der Waals surface area contributed by atoms with Crippen LogP contribution in [0, 0.1) is 0 Å². The maximum Gasteiger partial charge on any atom is 0.123 e. The number of para-hydroxylation sites is 1. The van der Waals surface area contributed by atoms with E-state index < -0.39 is 0 Å². The Morgan fingerprint density at radius 3 is 2.67 bits per heavy atom. The van der Waals surface area contributed by atoms with Crippen molar-refractivity contribution in [3.05, 3.63) is 59.7 Å². The van der Waals surface area contributed by atoms with E-state index in [9.17, 15) is 0 Å². The minimum absolute atomic E-state index is 0.758. The molecule has 0 atom stereocenters. The van der Waals surface area contributed by atoms with Gasteiger partial charge in [0.1, 0.15) is 11.5 Å². The van der Waals surface area contributed by atoms with Gasteiger partial charge in [-0.15, -0.1) is 0 Å². The molecule has 0 amide bonds. The molecule has 0 radical (unpaired) electrons. The van der Waals surface area contributed by atoms with Gasteiger partial charge in [-0.2, -0.15) is 0 Å². The average molecular weight is 283 g/mol. The maximum atomic E-state index is 5.74.